The predicted molar refractivity (Wildman–Crippen MR) is 94.3 cm³/mol. The summed E-state index contributed by atoms with van der Waals surface area (Å²) in [6.07, 6.45) is 0. The Morgan fingerprint density at radius 2 is 1.87 bits per heavy atom. The number of benzene rings is 2. The summed E-state index contributed by atoms with van der Waals surface area (Å²) in [6.45, 7) is 1.51. The molecule has 0 aliphatic rings. The summed E-state index contributed by atoms with van der Waals surface area (Å²) in [4.78, 5) is 23.7. The van der Waals surface area contributed by atoms with E-state index in [9.17, 15) is 9.59 Å². The molecule has 0 radical (unpaired) electrons. The maximum Gasteiger partial charge on any atom is 0.338 e. The van der Waals surface area contributed by atoms with Gasteiger partial charge in [-0.1, -0.05) is 39.1 Å². The van der Waals surface area contributed by atoms with Crippen LogP contribution in [0.4, 0.5) is 5.69 Å². The zero-order chi connectivity index (χ0) is 17.0. The number of ether oxygens (including phenoxy) is 1. The molecule has 0 atom stereocenters. The van der Waals surface area contributed by atoms with Crippen molar-refractivity contribution in [1.82, 2.24) is 0 Å². The van der Waals surface area contributed by atoms with E-state index < -0.39 is 18.5 Å². The first-order chi connectivity index (χ1) is 10.9. The number of halogens is 3. The second-order valence-corrected chi connectivity index (χ2v) is 6.39. The first kappa shape index (κ1) is 17.8. The molecule has 0 heterocycles. The number of carbonyl (C=O) groups excluding carboxylic acids is 2. The van der Waals surface area contributed by atoms with Gasteiger partial charge in [0.05, 0.1) is 15.6 Å². The van der Waals surface area contributed by atoms with Gasteiger partial charge in [0.2, 0.25) is 0 Å². The minimum atomic E-state index is -0.647. The van der Waals surface area contributed by atoms with E-state index in [1.54, 1.807) is 6.07 Å². The maximum absolute atomic E-state index is 11.9. The molecule has 0 unspecified atom stereocenters. The number of hydrogen-bond acceptors (Lipinski definition) is 3. The fourth-order valence-electron chi connectivity index (χ4n) is 1.76. The van der Waals surface area contributed by atoms with Gasteiger partial charge in [-0.2, -0.15) is 0 Å². The Morgan fingerprint density at radius 1 is 1.13 bits per heavy atom. The number of carbonyl (C=O) groups is 2. The van der Waals surface area contributed by atoms with Crippen LogP contribution in [0.25, 0.3) is 0 Å². The Kier molecular flexibility index (Phi) is 6.04. The molecule has 120 valence electrons. The molecular formula is C16H12BrCl2NO3. The number of rotatable bonds is 4. The number of nitrogens with one attached hydrogen (secondary N) is 1. The average molecular weight is 417 g/mol. The van der Waals surface area contributed by atoms with Gasteiger partial charge in [0.1, 0.15) is 0 Å². The molecule has 2 aromatic carbocycles. The molecule has 2 aromatic rings. The Hall–Kier alpha value is -1.56. The molecule has 0 aliphatic heterocycles. The zero-order valence-electron chi connectivity index (χ0n) is 12.0. The smallest absolute Gasteiger partial charge is 0.338 e. The summed E-state index contributed by atoms with van der Waals surface area (Å²) < 4.78 is 5.89. The molecule has 0 spiro atoms. The quantitative estimate of drug-likeness (QED) is 0.724. The highest BCUT2D eigenvalue weighted by atomic mass is 79.9. The van der Waals surface area contributed by atoms with Crippen LogP contribution in [0.3, 0.4) is 0 Å². The fraction of sp³-hybridized carbons (Fsp3) is 0.125. The molecule has 0 saturated carbocycles. The highest BCUT2D eigenvalue weighted by Crippen LogP contribution is 2.23. The number of aryl methyl sites for hydroxylation is 1. The van der Waals surface area contributed by atoms with Crippen LogP contribution in [0.1, 0.15) is 15.9 Å². The number of amides is 1. The van der Waals surface area contributed by atoms with Crippen LogP contribution >= 0.6 is 39.1 Å². The second kappa shape index (κ2) is 7.81. The van der Waals surface area contributed by atoms with E-state index in [2.05, 4.69) is 21.2 Å². The van der Waals surface area contributed by atoms with Crippen LogP contribution in [0.2, 0.25) is 10.0 Å². The monoisotopic (exact) mass is 415 g/mol. The molecule has 0 aliphatic carbocycles. The highest BCUT2D eigenvalue weighted by molar-refractivity contribution is 9.10. The Balaban J connectivity index is 1.91. The normalized spacial score (nSPS) is 10.3. The number of hydrogen-bond donors (Lipinski definition) is 1. The van der Waals surface area contributed by atoms with Crippen molar-refractivity contribution < 1.29 is 14.3 Å². The van der Waals surface area contributed by atoms with Crippen LogP contribution in [0.5, 0.6) is 0 Å². The summed E-state index contributed by atoms with van der Waals surface area (Å²) in [6, 6.07) is 9.74. The summed E-state index contributed by atoms with van der Waals surface area (Å²) in [5.41, 5.74) is 1.84. The molecule has 1 N–H and O–H groups in total. The standard InChI is InChI=1S/C16H12BrCl2NO3/c1-9-6-11(3-4-12(9)17)20-15(21)8-23-16(22)10-2-5-13(18)14(19)7-10/h2-7H,8H2,1H3,(H,20,21). The molecule has 0 fully saturated rings. The van der Waals surface area contributed by atoms with E-state index in [1.165, 1.54) is 18.2 Å². The third kappa shape index (κ3) is 4.96. The lowest BCUT2D eigenvalue weighted by molar-refractivity contribution is -0.119. The number of esters is 1. The summed E-state index contributed by atoms with van der Waals surface area (Å²) in [5, 5.41) is 3.24. The highest BCUT2D eigenvalue weighted by Gasteiger charge is 2.12. The lowest BCUT2D eigenvalue weighted by Gasteiger charge is -2.08. The van der Waals surface area contributed by atoms with E-state index >= 15 is 0 Å². The molecule has 2 rings (SSSR count). The second-order valence-electron chi connectivity index (χ2n) is 4.72. The lowest BCUT2D eigenvalue weighted by Crippen LogP contribution is -2.21. The zero-order valence-corrected chi connectivity index (χ0v) is 15.1. The van der Waals surface area contributed by atoms with Crippen LogP contribution in [-0.4, -0.2) is 18.5 Å². The van der Waals surface area contributed by atoms with Crippen molar-refractivity contribution in [2.24, 2.45) is 0 Å². The van der Waals surface area contributed by atoms with Crippen LogP contribution in [-0.2, 0) is 9.53 Å². The van der Waals surface area contributed by atoms with Gasteiger partial charge in [-0.05, 0) is 48.9 Å². The molecule has 0 bridgehead atoms. The molecule has 0 saturated heterocycles. The van der Waals surface area contributed by atoms with Crippen molar-refractivity contribution >= 4 is 56.7 Å². The van der Waals surface area contributed by atoms with Crippen molar-refractivity contribution in [3.63, 3.8) is 0 Å². The third-order valence-corrected chi connectivity index (χ3v) is 4.56. The fourth-order valence-corrected chi connectivity index (χ4v) is 2.30. The largest absolute Gasteiger partial charge is 0.452 e. The van der Waals surface area contributed by atoms with E-state index in [0.29, 0.717) is 10.7 Å². The van der Waals surface area contributed by atoms with E-state index in [1.807, 2.05) is 19.1 Å². The van der Waals surface area contributed by atoms with Gasteiger partial charge in [0.15, 0.2) is 6.61 Å². The Morgan fingerprint density at radius 3 is 2.52 bits per heavy atom. The summed E-state index contributed by atoms with van der Waals surface area (Å²) >= 11 is 15.0. The predicted octanol–water partition coefficient (Wildman–Crippen LogP) is 4.86. The molecule has 1 amide bonds. The first-order valence-electron chi connectivity index (χ1n) is 6.55. The van der Waals surface area contributed by atoms with Gasteiger partial charge in [-0.3, -0.25) is 4.79 Å². The SMILES string of the molecule is Cc1cc(NC(=O)COC(=O)c2ccc(Cl)c(Cl)c2)ccc1Br. The minimum absolute atomic E-state index is 0.228. The molecular weight excluding hydrogens is 405 g/mol. The van der Waals surface area contributed by atoms with Gasteiger partial charge < -0.3 is 10.1 Å². The first-order valence-corrected chi connectivity index (χ1v) is 8.10. The number of anilines is 1. The van der Waals surface area contributed by atoms with Gasteiger partial charge in [0.25, 0.3) is 5.91 Å². The van der Waals surface area contributed by atoms with E-state index in [-0.39, 0.29) is 10.6 Å². The maximum atomic E-state index is 11.9. The van der Waals surface area contributed by atoms with Gasteiger partial charge in [-0.25, -0.2) is 4.79 Å². The average Bonchev–Trinajstić information content (AvgIpc) is 2.51. The molecule has 0 aromatic heterocycles. The third-order valence-electron chi connectivity index (χ3n) is 2.93. The van der Waals surface area contributed by atoms with Crippen LogP contribution in [0.15, 0.2) is 40.9 Å². The van der Waals surface area contributed by atoms with Gasteiger partial charge in [-0.15, -0.1) is 0 Å². The topological polar surface area (TPSA) is 55.4 Å². The lowest BCUT2D eigenvalue weighted by atomic mass is 10.2. The van der Waals surface area contributed by atoms with E-state index in [4.69, 9.17) is 27.9 Å². The van der Waals surface area contributed by atoms with Crippen molar-refractivity contribution in [3.8, 4) is 0 Å². The van der Waals surface area contributed by atoms with E-state index in [0.717, 1.165) is 10.0 Å². The van der Waals surface area contributed by atoms with Gasteiger partial charge >= 0.3 is 5.97 Å². The molecule has 23 heavy (non-hydrogen) atoms. The molecule has 4 nitrogen and oxygen atoms in total. The Bertz CT molecular complexity index is 765. The van der Waals surface area contributed by atoms with Crippen molar-refractivity contribution in [2.75, 3.05) is 11.9 Å². The van der Waals surface area contributed by atoms with Crippen molar-refractivity contribution in [1.29, 1.82) is 0 Å². The van der Waals surface area contributed by atoms with Gasteiger partial charge in [0, 0.05) is 10.2 Å². The van der Waals surface area contributed by atoms with Crippen molar-refractivity contribution in [3.05, 3.63) is 62.0 Å². The van der Waals surface area contributed by atoms with Crippen molar-refractivity contribution in [2.45, 2.75) is 6.92 Å². The van der Waals surface area contributed by atoms with Crippen LogP contribution in [0, 0.1) is 6.92 Å². The summed E-state index contributed by atoms with van der Waals surface area (Å²) in [7, 11) is 0. The minimum Gasteiger partial charge on any atom is -0.452 e. The summed E-state index contributed by atoms with van der Waals surface area (Å²) in [5.74, 6) is -1.08. The molecule has 7 heteroatoms. The van der Waals surface area contributed by atoms with Crippen LogP contribution < -0.4 is 5.32 Å². The Labute approximate surface area is 151 Å².